The van der Waals surface area contributed by atoms with Crippen LogP contribution in [-0.4, -0.2) is 25.0 Å². The largest absolute Gasteiger partial charge is 0.493 e. The van der Waals surface area contributed by atoms with E-state index in [1.54, 1.807) is 25.1 Å². The van der Waals surface area contributed by atoms with E-state index in [2.05, 4.69) is 37.2 Å². The number of anilines is 1. The molecule has 3 aromatic carbocycles. The zero-order chi connectivity index (χ0) is 26.0. The van der Waals surface area contributed by atoms with Crippen molar-refractivity contribution in [3.63, 3.8) is 0 Å². The van der Waals surface area contributed by atoms with Gasteiger partial charge in [-0.3, -0.25) is 14.9 Å². The number of hydrogen-bond acceptors (Lipinski definition) is 5. The fraction of sp³-hybridized carbons (Fsp3) is 0.148. The van der Waals surface area contributed by atoms with Gasteiger partial charge in [0.1, 0.15) is 12.2 Å². The summed E-state index contributed by atoms with van der Waals surface area (Å²) < 4.78 is 13.0. The molecular weight excluding hydrogens is 592 g/mol. The van der Waals surface area contributed by atoms with Gasteiger partial charge >= 0.3 is 6.03 Å². The van der Waals surface area contributed by atoms with Gasteiger partial charge in [0.15, 0.2) is 11.5 Å². The molecule has 4 amide bonds. The van der Waals surface area contributed by atoms with E-state index in [0.29, 0.717) is 33.8 Å². The molecule has 1 saturated heterocycles. The van der Waals surface area contributed by atoms with Crippen LogP contribution >= 0.6 is 31.9 Å². The molecule has 7 nitrogen and oxygen atoms in total. The Bertz CT molecular complexity index is 1420. The standard InChI is InChI=1S/C27H22Br2N2O5/c1-15-8-9-16(2)22(10-15)31-26(33)19(25(32)30-27(31)34)11-17-12-21(29)24(23(13-17)35-3)36-14-18-6-4-5-7-20(18)28/h4-13H,14H2,1-3H3,(H,30,32,34)/b19-11+. The molecule has 0 aromatic heterocycles. The first-order chi connectivity index (χ1) is 17.2. The molecule has 1 fully saturated rings. The van der Waals surface area contributed by atoms with Crippen LogP contribution in [0.1, 0.15) is 22.3 Å². The highest BCUT2D eigenvalue weighted by molar-refractivity contribution is 9.10. The Morgan fingerprint density at radius 2 is 1.72 bits per heavy atom. The third-order valence-corrected chi connectivity index (χ3v) is 6.96. The molecule has 9 heteroatoms. The van der Waals surface area contributed by atoms with Gasteiger partial charge in [0.2, 0.25) is 0 Å². The summed E-state index contributed by atoms with van der Waals surface area (Å²) in [7, 11) is 1.50. The average Bonchev–Trinajstić information content (AvgIpc) is 2.83. The van der Waals surface area contributed by atoms with E-state index < -0.39 is 17.8 Å². The summed E-state index contributed by atoms with van der Waals surface area (Å²) in [6, 6.07) is 15.7. The van der Waals surface area contributed by atoms with Crippen molar-refractivity contribution in [3.05, 3.63) is 91.4 Å². The zero-order valence-corrected chi connectivity index (χ0v) is 22.9. The summed E-state index contributed by atoms with van der Waals surface area (Å²) >= 11 is 7.01. The molecule has 0 saturated carbocycles. The number of barbiturate groups is 1. The molecule has 0 unspecified atom stereocenters. The monoisotopic (exact) mass is 612 g/mol. The lowest BCUT2D eigenvalue weighted by Crippen LogP contribution is -2.54. The average molecular weight is 614 g/mol. The molecule has 0 atom stereocenters. The van der Waals surface area contributed by atoms with Crippen molar-refractivity contribution in [1.82, 2.24) is 5.32 Å². The zero-order valence-electron chi connectivity index (χ0n) is 19.7. The van der Waals surface area contributed by atoms with Crippen LogP contribution in [0.15, 0.2) is 69.1 Å². The molecule has 4 rings (SSSR count). The van der Waals surface area contributed by atoms with Crippen LogP contribution in [0, 0.1) is 13.8 Å². The van der Waals surface area contributed by atoms with Gasteiger partial charge in [0, 0.05) is 10.0 Å². The van der Waals surface area contributed by atoms with Crippen LogP contribution in [0.5, 0.6) is 11.5 Å². The van der Waals surface area contributed by atoms with Gasteiger partial charge in [-0.25, -0.2) is 9.69 Å². The predicted octanol–water partition coefficient (Wildman–Crippen LogP) is 6.08. The summed E-state index contributed by atoms with van der Waals surface area (Å²) in [4.78, 5) is 39.5. The second kappa shape index (κ2) is 10.7. The number of urea groups is 1. The second-order valence-electron chi connectivity index (χ2n) is 8.16. The maximum Gasteiger partial charge on any atom is 0.335 e. The van der Waals surface area contributed by atoms with E-state index in [4.69, 9.17) is 9.47 Å². The lowest BCUT2D eigenvalue weighted by molar-refractivity contribution is -0.122. The third kappa shape index (κ3) is 5.22. The van der Waals surface area contributed by atoms with Crippen LogP contribution in [0.2, 0.25) is 0 Å². The Morgan fingerprint density at radius 1 is 0.972 bits per heavy atom. The predicted molar refractivity (Wildman–Crippen MR) is 144 cm³/mol. The van der Waals surface area contributed by atoms with E-state index in [9.17, 15) is 14.4 Å². The molecule has 184 valence electrons. The molecule has 1 heterocycles. The molecule has 1 aliphatic heterocycles. The lowest BCUT2D eigenvalue weighted by Gasteiger charge is -2.28. The minimum absolute atomic E-state index is 0.175. The van der Waals surface area contributed by atoms with E-state index >= 15 is 0 Å². The highest BCUT2D eigenvalue weighted by Crippen LogP contribution is 2.38. The molecule has 1 aliphatic rings. The van der Waals surface area contributed by atoms with Crippen molar-refractivity contribution in [2.24, 2.45) is 0 Å². The molecule has 1 N–H and O–H groups in total. The Hall–Kier alpha value is -3.43. The minimum Gasteiger partial charge on any atom is -0.493 e. The number of methoxy groups -OCH3 is 1. The lowest BCUT2D eigenvalue weighted by atomic mass is 10.0. The Labute approximate surface area is 225 Å². The molecular formula is C27H22Br2N2O5. The van der Waals surface area contributed by atoms with Crippen LogP contribution in [-0.2, 0) is 16.2 Å². The third-order valence-electron chi connectivity index (χ3n) is 5.60. The number of carbonyl (C=O) groups is 3. The maximum absolute atomic E-state index is 13.3. The number of rotatable bonds is 6. The van der Waals surface area contributed by atoms with Gasteiger partial charge in [0.05, 0.1) is 17.3 Å². The number of amides is 4. The van der Waals surface area contributed by atoms with Crippen molar-refractivity contribution >= 4 is 61.5 Å². The van der Waals surface area contributed by atoms with Gasteiger partial charge < -0.3 is 9.47 Å². The topological polar surface area (TPSA) is 84.9 Å². The first kappa shape index (κ1) is 25.7. The fourth-order valence-electron chi connectivity index (χ4n) is 3.73. The van der Waals surface area contributed by atoms with Gasteiger partial charge in [-0.1, -0.05) is 46.3 Å². The number of nitrogens with one attached hydrogen (secondary N) is 1. The number of nitrogens with zero attached hydrogens (tertiary/aromatic N) is 1. The summed E-state index contributed by atoms with van der Waals surface area (Å²) in [5.74, 6) is -0.589. The summed E-state index contributed by atoms with van der Waals surface area (Å²) in [5, 5.41) is 2.26. The minimum atomic E-state index is -0.787. The molecule has 3 aromatic rings. The Morgan fingerprint density at radius 3 is 2.44 bits per heavy atom. The van der Waals surface area contributed by atoms with Crippen LogP contribution in [0.4, 0.5) is 10.5 Å². The molecule has 0 radical (unpaired) electrons. The molecule has 0 aliphatic carbocycles. The summed E-state index contributed by atoms with van der Waals surface area (Å²) in [6.07, 6.45) is 1.42. The number of halogens is 2. The van der Waals surface area contributed by atoms with Crippen LogP contribution < -0.4 is 19.7 Å². The first-order valence-corrected chi connectivity index (χ1v) is 12.5. The Kier molecular flexibility index (Phi) is 7.61. The molecule has 0 spiro atoms. The van der Waals surface area contributed by atoms with E-state index in [0.717, 1.165) is 26.1 Å². The first-order valence-electron chi connectivity index (χ1n) is 10.9. The summed E-state index contributed by atoms with van der Waals surface area (Å²) in [5.41, 5.74) is 3.33. The Balaban J connectivity index is 1.67. The number of imide groups is 2. The van der Waals surface area contributed by atoms with Crippen molar-refractivity contribution in [1.29, 1.82) is 0 Å². The number of aryl methyl sites for hydroxylation is 2. The van der Waals surface area contributed by atoms with Crippen molar-refractivity contribution < 1.29 is 23.9 Å². The number of ether oxygens (including phenoxy) is 2. The normalized spacial score (nSPS) is 14.8. The fourth-order valence-corrected chi connectivity index (χ4v) is 4.71. The van der Waals surface area contributed by atoms with Gasteiger partial charge in [0.25, 0.3) is 11.8 Å². The van der Waals surface area contributed by atoms with Gasteiger partial charge in [-0.05, 0) is 76.8 Å². The van der Waals surface area contributed by atoms with Crippen LogP contribution in [0.3, 0.4) is 0 Å². The van der Waals surface area contributed by atoms with Crippen molar-refractivity contribution in [3.8, 4) is 11.5 Å². The van der Waals surface area contributed by atoms with E-state index in [-0.39, 0.29) is 5.57 Å². The SMILES string of the molecule is COc1cc(/C=C2\C(=O)NC(=O)N(c3cc(C)ccc3C)C2=O)cc(Br)c1OCc1ccccc1Br. The van der Waals surface area contributed by atoms with Crippen molar-refractivity contribution in [2.45, 2.75) is 20.5 Å². The van der Waals surface area contributed by atoms with Gasteiger partial charge in [-0.15, -0.1) is 0 Å². The maximum atomic E-state index is 13.3. The van der Waals surface area contributed by atoms with E-state index in [1.807, 2.05) is 43.3 Å². The summed E-state index contributed by atoms with van der Waals surface area (Å²) in [6.45, 7) is 3.95. The van der Waals surface area contributed by atoms with Crippen molar-refractivity contribution in [2.75, 3.05) is 12.0 Å². The number of benzene rings is 3. The smallest absolute Gasteiger partial charge is 0.335 e. The highest BCUT2D eigenvalue weighted by atomic mass is 79.9. The van der Waals surface area contributed by atoms with Gasteiger partial charge in [-0.2, -0.15) is 0 Å². The van der Waals surface area contributed by atoms with Crippen LogP contribution in [0.25, 0.3) is 6.08 Å². The highest BCUT2D eigenvalue weighted by Gasteiger charge is 2.37. The number of hydrogen-bond donors (Lipinski definition) is 1. The molecule has 0 bridgehead atoms. The number of carbonyl (C=O) groups excluding carboxylic acids is 3. The second-order valence-corrected chi connectivity index (χ2v) is 9.87. The van der Waals surface area contributed by atoms with E-state index in [1.165, 1.54) is 13.2 Å². The molecule has 36 heavy (non-hydrogen) atoms. The quantitative estimate of drug-likeness (QED) is 0.269.